The van der Waals surface area contributed by atoms with Gasteiger partial charge < -0.3 is 14.5 Å². The van der Waals surface area contributed by atoms with Crippen molar-refractivity contribution >= 4 is 5.95 Å². The molecule has 0 aromatic carbocycles. The van der Waals surface area contributed by atoms with Gasteiger partial charge in [-0.3, -0.25) is 0 Å². The summed E-state index contributed by atoms with van der Waals surface area (Å²) in [7, 11) is 3.39. The van der Waals surface area contributed by atoms with E-state index < -0.39 is 12.5 Å². The van der Waals surface area contributed by atoms with Crippen molar-refractivity contribution in [3.05, 3.63) is 5.89 Å². The highest BCUT2D eigenvalue weighted by Gasteiger charge is 2.20. The van der Waals surface area contributed by atoms with Gasteiger partial charge in [-0.1, -0.05) is 0 Å². The van der Waals surface area contributed by atoms with Crippen LogP contribution in [0.25, 0.3) is 0 Å². The minimum Gasteiger partial charge on any atom is -0.387 e. The third kappa shape index (κ3) is 2.63. The normalized spacial score (nSPS) is 13.3. The van der Waals surface area contributed by atoms with Crippen LogP contribution in [0.5, 0.6) is 0 Å². The lowest BCUT2D eigenvalue weighted by Crippen LogP contribution is -2.20. The Bertz CT molecular complexity index is 290. The highest BCUT2D eigenvalue weighted by molar-refractivity contribution is 5.23. The number of alkyl halides is 2. The third-order valence-corrected chi connectivity index (χ3v) is 1.53. The van der Waals surface area contributed by atoms with E-state index in [-0.39, 0.29) is 12.3 Å². The summed E-state index contributed by atoms with van der Waals surface area (Å²) in [5.41, 5.74) is 0. The Morgan fingerprint density at radius 3 is 2.57 bits per heavy atom. The van der Waals surface area contributed by atoms with E-state index in [2.05, 4.69) is 14.7 Å². The molecule has 1 N–H and O–H groups in total. The first-order chi connectivity index (χ1) is 6.50. The van der Waals surface area contributed by atoms with Crippen molar-refractivity contribution in [1.29, 1.82) is 0 Å². The molecule has 14 heavy (non-hydrogen) atoms. The molecular weight excluding hydrogens is 196 g/mol. The van der Waals surface area contributed by atoms with Crippen molar-refractivity contribution in [3.8, 4) is 0 Å². The van der Waals surface area contributed by atoms with Crippen LogP contribution >= 0.6 is 0 Å². The standard InChI is InChI=1S/C7H11F2N3O2/c1-12(2)7-10-5(14-11-7)3-4(13)6(8)9/h4,6,13H,3H2,1-2H3. The molecule has 5 nitrogen and oxygen atoms in total. The van der Waals surface area contributed by atoms with Crippen LogP contribution in [-0.2, 0) is 6.42 Å². The van der Waals surface area contributed by atoms with E-state index in [0.717, 1.165) is 0 Å². The first-order valence-corrected chi connectivity index (χ1v) is 3.97. The summed E-state index contributed by atoms with van der Waals surface area (Å²) in [6.07, 6.45) is -4.89. The predicted octanol–water partition coefficient (Wildman–Crippen LogP) is 0.304. The number of anilines is 1. The van der Waals surface area contributed by atoms with Gasteiger partial charge in [0.1, 0.15) is 6.10 Å². The lowest BCUT2D eigenvalue weighted by Gasteiger charge is -2.05. The number of hydrogen-bond donors (Lipinski definition) is 1. The molecule has 0 saturated heterocycles. The maximum atomic E-state index is 11.9. The summed E-state index contributed by atoms with van der Waals surface area (Å²) in [5.74, 6) is 0.294. The Labute approximate surface area is 79.3 Å². The van der Waals surface area contributed by atoms with Gasteiger partial charge in [0, 0.05) is 14.1 Å². The van der Waals surface area contributed by atoms with E-state index in [9.17, 15) is 8.78 Å². The van der Waals surface area contributed by atoms with Gasteiger partial charge in [-0.15, -0.1) is 0 Å². The Morgan fingerprint density at radius 2 is 2.14 bits per heavy atom. The molecule has 1 unspecified atom stereocenters. The number of rotatable bonds is 4. The molecule has 0 spiro atoms. The molecule has 0 fully saturated rings. The molecule has 0 radical (unpaired) electrons. The molecule has 0 amide bonds. The van der Waals surface area contributed by atoms with Crippen molar-refractivity contribution < 1.29 is 18.4 Å². The van der Waals surface area contributed by atoms with Crippen molar-refractivity contribution in [3.63, 3.8) is 0 Å². The van der Waals surface area contributed by atoms with Gasteiger partial charge in [0.15, 0.2) is 0 Å². The fourth-order valence-corrected chi connectivity index (χ4v) is 0.778. The van der Waals surface area contributed by atoms with Gasteiger partial charge in [-0.2, -0.15) is 4.98 Å². The summed E-state index contributed by atoms with van der Waals surface area (Å²) in [5, 5.41) is 12.3. The van der Waals surface area contributed by atoms with Crippen molar-refractivity contribution in [2.24, 2.45) is 0 Å². The Kier molecular flexibility index (Phi) is 3.34. The highest BCUT2D eigenvalue weighted by atomic mass is 19.3. The number of aromatic nitrogens is 2. The van der Waals surface area contributed by atoms with E-state index in [4.69, 9.17) is 5.11 Å². The second-order valence-corrected chi connectivity index (χ2v) is 2.99. The zero-order chi connectivity index (χ0) is 10.7. The fourth-order valence-electron chi connectivity index (χ4n) is 0.778. The molecule has 1 rings (SSSR count). The minimum atomic E-state index is -2.80. The molecule has 1 aromatic heterocycles. The van der Waals surface area contributed by atoms with Crippen LogP contribution in [0.15, 0.2) is 4.52 Å². The van der Waals surface area contributed by atoms with Crippen LogP contribution in [0.3, 0.4) is 0 Å². The SMILES string of the molecule is CN(C)c1noc(CC(O)C(F)F)n1. The molecule has 0 saturated carbocycles. The Balaban J connectivity index is 2.60. The number of hydrogen-bond acceptors (Lipinski definition) is 5. The number of nitrogens with zero attached hydrogens (tertiary/aromatic N) is 3. The van der Waals surface area contributed by atoms with E-state index in [1.165, 1.54) is 0 Å². The Hall–Kier alpha value is -1.24. The van der Waals surface area contributed by atoms with Crippen LogP contribution in [0.1, 0.15) is 5.89 Å². The summed E-state index contributed by atoms with van der Waals surface area (Å²) in [6, 6.07) is 0. The van der Waals surface area contributed by atoms with Crippen LogP contribution in [0, 0.1) is 0 Å². The van der Waals surface area contributed by atoms with Crippen LogP contribution in [-0.4, -0.2) is 41.9 Å². The monoisotopic (exact) mass is 207 g/mol. The molecule has 1 heterocycles. The number of aliphatic hydroxyl groups is 1. The second kappa shape index (κ2) is 4.32. The third-order valence-electron chi connectivity index (χ3n) is 1.53. The molecule has 0 aliphatic heterocycles. The van der Waals surface area contributed by atoms with E-state index in [0.29, 0.717) is 5.95 Å². The van der Waals surface area contributed by atoms with Gasteiger partial charge in [0.2, 0.25) is 5.89 Å². The minimum absolute atomic E-state index is 0.00139. The summed E-state index contributed by atoms with van der Waals surface area (Å²) >= 11 is 0. The predicted molar refractivity (Wildman–Crippen MR) is 44.3 cm³/mol. The molecule has 7 heteroatoms. The van der Waals surface area contributed by atoms with Gasteiger partial charge >= 0.3 is 0 Å². The molecule has 1 aromatic rings. The van der Waals surface area contributed by atoms with Crippen LogP contribution in [0.4, 0.5) is 14.7 Å². The second-order valence-electron chi connectivity index (χ2n) is 2.99. The average molecular weight is 207 g/mol. The molecular formula is C7H11F2N3O2. The molecule has 0 aliphatic carbocycles. The quantitative estimate of drug-likeness (QED) is 0.769. The maximum Gasteiger partial charge on any atom is 0.265 e. The lowest BCUT2D eigenvalue weighted by atomic mass is 10.2. The summed E-state index contributed by atoms with van der Waals surface area (Å²) in [6.45, 7) is 0. The average Bonchev–Trinajstić information content (AvgIpc) is 2.52. The molecule has 0 bridgehead atoms. The molecule has 1 atom stereocenters. The number of halogens is 2. The molecule has 0 aliphatic rings. The highest BCUT2D eigenvalue weighted by Crippen LogP contribution is 2.10. The van der Waals surface area contributed by atoms with Crippen molar-refractivity contribution in [1.82, 2.24) is 10.1 Å². The maximum absolute atomic E-state index is 11.9. The summed E-state index contributed by atoms with van der Waals surface area (Å²) < 4.78 is 28.5. The van der Waals surface area contributed by atoms with Crippen molar-refractivity contribution in [2.75, 3.05) is 19.0 Å². The Morgan fingerprint density at radius 1 is 1.50 bits per heavy atom. The fraction of sp³-hybridized carbons (Fsp3) is 0.714. The molecule has 80 valence electrons. The van der Waals surface area contributed by atoms with Crippen molar-refractivity contribution in [2.45, 2.75) is 19.0 Å². The first-order valence-electron chi connectivity index (χ1n) is 3.97. The van der Waals surface area contributed by atoms with E-state index in [1.807, 2.05) is 0 Å². The summed E-state index contributed by atoms with van der Waals surface area (Å²) in [4.78, 5) is 5.36. The van der Waals surface area contributed by atoms with Gasteiger partial charge in [-0.25, -0.2) is 8.78 Å². The first kappa shape index (κ1) is 10.8. The zero-order valence-electron chi connectivity index (χ0n) is 7.81. The zero-order valence-corrected chi connectivity index (χ0v) is 7.81. The smallest absolute Gasteiger partial charge is 0.265 e. The van der Waals surface area contributed by atoms with Gasteiger partial charge in [-0.05, 0) is 5.16 Å². The number of aliphatic hydroxyl groups excluding tert-OH is 1. The van der Waals surface area contributed by atoms with E-state index in [1.54, 1.807) is 19.0 Å². The van der Waals surface area contributed by atoms with Crippen LogP contribution in [0.2, 0.25) is 0 Å². The van der Waals surface area contributed by atoms with E-state index >= 15 is 0 Å². The van der Waals surface area contributed by atoms with Gasteiger partial charge in [0.25, 0.3) is 12.4 Å². The lowest BCUT2D eigenvalue weighted by molar-refractivity contribution is -0.00754. The van der Waals surface area contributed by atoms with Gasteiger partial charge in [0.05, 0.1) is 6.42 Å². The topological polar surface area (TPSA) is 62.4 Å². The largest absolute Gasteiger partial charge is 0.387 e. The van der Waals surface area contributed by atoms with Crippen LogP contribution < -0.4 is 4.90 Å².